The number of nitrogens with zero attached hydrogens (tertiary/aromatic N) is 2. The molecule has 1 N–H and O–H groups in total. The van der Waals surface area contributed by atoms with E-state index in [1.165, 1.54) is 12.1 Å². The van der Waals surface area contributed by atoms with Gasteiger partial charge in [0.1, 0.15) is 6.07 Å². The highest BCUT2D eigenvalue weighted by atomic mass is 32.2. The van der Waals surface area contributed by atoms with Gasteiger partial charge in [-0.25, -0.2) is 0 Å². The van der Waals surface area contributed by atoms with Gasteiger partial charge < -0.3 is 9.94 Å². The molecule has 0 spiro atoms. The highest BCUT2D eigenvalue weighted by molar-refractivity contribution is 7.99. The monoisotopic (exact) mass is 370 g/mol. The summed E-state index contributed by atoms with van der Waals surface area (Å²) < 4.78 is 74.9. The van der Waals surface area contributed by atoms with Gasteiger partial charge in [0.2, 0.25) is 0 Å². The minimum atomic E-state index is -5.08. The zero-order valence-electron chi connectivity index (χ0n) is 11.6. The van der Waals surface area contributed by atoms with E-state index >= 15 is 0 Å². The van der Waals surface area contributed by atoms with Crippen LogP contribution in [0, 0.1) is 11.3 Å². The minimum absolute atomic E-state index is 0.0267. The van der Waals surface area contributed by atoms with Crippen LogP contribution < -0.4 is 0 Å². The SMILES string of the molecule is N#Cc1ccc(C2=NOC(O)(C(F)(F)F)C2)cc1SCC(F)(F)F. The van der Waals surface area contributed by atoms with Crippen molar-refractivity contribution < 1.29 is 36.3 Å². The lowest BCUT2D eigenvalue weighted by Crippen LogP contribution is -2.45. The molecular formula is C13H8F6N2O2S. The average Bonchev–Trinajstić information content (AvgIpc) is 2.87. The van der Waals surface area contributed by atoms with E-state index in [1.807, 2.05) is 0 Å². The molecule has 1 aliphatic rings. The first-order valence-electron chi connectivity index (χ1n) is 6.23. The Bertz CT molecular complexity index is 710. The fourth-order valence-electron chi connectivity index (χ4n) is 1.80. The van der Waals surface area contributed by atoms with Gasteiger partial charge in [0.25, 0.3) is 0 Å². The predicted molar refractivity (Wildman–Crippen MR) is 71.2 cm³/mol. The molecule has 11 heteroatoms. The molecule has 1 unspecified atom stereocenters. The Balaban J connectivity index is 2.26. The lowest BCUT2D eigenvalue weighted by atomic mass is 10.0. The number of aliphatic hydroxyl groups is 1. The standard InChI is InChI=1S/C13H8F6N2O2S/c14-12(15,16)6-24-10-3-7(1-2-8(10)5-20)9-4-11(22,23-21-9)13(17,18)19/h1-3,22H,4,6H2. The Hall–Kier alpha value is -1.93. The maximum Gasteiger partial charge on any atom is 0.458 e. The fourth-order valence-corrected chi connectivity index (χ4v) is 2.60. The molecule has 0 saturated carbocycles. The summed E-state index contributed by atoms with van der Waals surface area (Å²) in [4.78, 5) is 3.99. The Morgan fingerprint density at radius 3 is 2.46 bits per heavy atom. The first kappa shape index (κ1) is 18.4. The van der Waals surface area contributed by atoms with Gasteiger partial charge in [-0.1, -0.05) is 11.2 Å². The van der Waals surface area contributed by atoms with E-state index in [4.69, 9.17) is 5.26 Å². The Morgan fingerprint density at radius 1 is 1.29 bits per heavy atom. The van der Waals surface area contributed by atoms with Crippen LogP contribution in [-0.2, 0) is 4.84 Å². The van der Waals surface area contributed by atoms with E-state index in [2.05, 4.69) is 9.99 Å². The molecule has 4 nitrogen and oxygen atoms in total. The number of alkyl halides is 6. The summed E-state index contributed by atoms with van der Waals surface area (Å²) in [5.41, 5.74) is -0.314. The van der Waals surface area contributed by atoms with Gasteiger partial charge in [0, 0.05) is 10.5 Å². The van der Waals surface area contributed by atoms with Crippen LogP contribution in [0.2, 0.25) is 0 Å². The number of nitriles is 1. The quantitative estimate of drug-likeness (QED) is 0.652. The van der Waals surface area contributed by atoms with Crippen LogP contribution in [0.4, 0.5) is 26.3 Å². The zero-order chi connectivity index (χ0) is 18.2. The molecule has 1 atom stereocenters. The number of hydrogen-bond donors (Lipinski definition) is 1. The van der Waals surface area contributed by atoms with Crippen LogP contribution in [-0.4, -0.2) is 34.7 Å². The van der Waals surface area contributed by atoms with Gasteiger partial charge in [-0.15, -0.1) is 11.8 Å². The van der Waals surface area contributed by atoms with E-state index in [1.54, 1.807) is 6.07 Å². The molecular weight excluding hydrogens is 362 g/mol. The molecule has 0 aromatic heterocycles. The molecule has 0 aliphatic carbocycles. The van der Waals surface area contributed by atoms with Crippen molar-refractivity contribution in [3.8, 4) is 6.07 Å². The van der Waals surface area contributed by atoms with Crippen molar-refractivity contribution in [3.63, 3.8) is 0 Å². The summed E-state index contributed by atoms with van der Waals surface area (Å²) in [7, 11) is 0. The van der Waals surface area contributed by atoms with Gasteiger partial charge in [0.15, 0.2) is 0 Å². The summed E-state index contributed by atoms with van der Waals surface area (Å²) in [6.45, 7) is 0. The second-order valence-electron chi connectivity index (χ2n) is 4.81. The van der Waals surface area contributed by atoms with Crippen molar-refractivity contribution >= 4 is 17.5 Å². The topological polar surface area (TPSA) is 65.6 Å². The van der Waals surface area contributed by atoms with E-state index in [0.717, 1.165) is 6.07 Å². The van der Waals surface area contributed by atoms with E-state index in [9.17, 15) is 31.4 Å². The summed E-state index contributed by atoms with van der Waals surface area (Å²) in [6, 6.07) is 5.20. The number of oxime groups is 1. The molecule has 0 amide bonds. The fraction of sp³-hybridized carbons (Fsp3) is 0.385. The first-order chi connectivity index (χ1) is 11.0. The summed E-state index contributed by atoms with van der Waals surface area (Å²) in [6.07, 6.45) is -10.6. The van der Waals surface area contributed by atoms with E-state index in [0.29, 0.717) is 11.8 Å². The van der Waals surface area contributed by atoms with Crippen molar-refractivity contribution in [2.45, 2.75) is 29.5 Å². The molecule has 130 valence electrons. The molecule has 24 heavy (non-hydrogen) atoms. The average molecular weight is 370 g/mol. The van der Waals surface area contributed by atoms with Crippen molar-refractivity contribution in [1.29, 1.82) is 5.26 Å². The predicted octanol–water partition coefficient (Wildman–Crippen LogP) is 3.59. The number of rotatable bonds is 3. The lowest BCUT2D eigenvalue weighted by molar-refractivity contribution is -0.355. The number of halogens is 6. The molecule has 0 saturated heterocycles. The molecule has 0 fully saturated rings. The third kappa shape index (κ3) is 3.93. The van der Waals surface area contributed by atoms with Crippen molar-refractivity contribution in [3.05, 3.63) is 29.3 Å². The van der Waals surface area contributed by atoms with Crippen LogP contribution in [0.5, 0.6) is 0 Å². The number of hydrogen-bond acceptors (Lipinski definition) is 5. The molecule has 1 aromatic carbocycles. The summed E-state index contributed by atoms with van der Waals surface area (Å²) in [5.74, 6) is -4.74. The zero-order valence-corrected chi connectivity index (χ0v) is 12.4. The van der Waals surface area contributed by atoms with Gasteiger partial charge in [0.05, 0.1) is 23.4 Å². The Morgan fingerprint density at radius 2 is 1.96 bits per heavy atom. The maximum absolute atomic E-state index is 12.7. The molecule has 0 radical (unpaired) electrons. The van der Waals surface area contributed by atoms with Crippen LogP contribution >= 0.6 is 11.8 Å². The maximum atomic E-state index is 12.7. The van der Waals surface area contributed by atoms with E-state index in [-0.39, 0.29) is 21.7 Å². The molecule has 1 aliphatic heterocycles. The molecule has 0 bridgehead atoms. The van der Waals surface area contributed by atoms with Crippen LogP contribution in [0.1, 0.15) is 17.5 Å². The molecule has 1 aromatic rings. The van der Waals surface area contributed by atoms with Crippen LogP contribution in [0.25, 0.3) is 0 Å². The second kappa shape index (κ2) is 6.18. The normalized spacial score (nSPS) is 21.2. The smallest absolute Gasteiger partial charge is 0.350 e. The Kier molecular flexibility index (Phi) is 4.74. The molecule has 2 rings (SSSR count). The number of benzene rings is 1. The van der Waals surface area contributed by atoms with Gasteiger partial charge in [-0.2, -0.15) is 31.6 Å². The first-order valence-corrected chi connectivity index (χ1v) is 7.22. The van der Waals surface area contributed by atoms with Crippen LogP contribution in [0.3, 0.4) is 0 Å². The highest BCUT2D eigenvalue weighted by Crippen LogP contribution is 2.39. The van der Waals surface area contributed by atoms with Crippen molar-refractivity contribution in [2.24, 2.45) is 5.16 Å². The van der Waals surface area contributed by atoms with Crippen LogP contribution in [0.15, 0.2) is 28.3 Å². The highest BCUT2D eigenvalue weighted by Gasteiger charge is 2.60. The van der Waals surface area contributed by atoms with E-state index < -0.39 is 30.3 Å². The van der Waals surface area contributed by atoms with Gasteiger partial charge in [-0.3, -0.25) is 0 Å². The third-order valence-corrected chi connectivity index (χ3v) is 4.10. The largest absolute Gasteiger partial charge is 0.458 e. The summed E-state index contributed by atoms with van der Waals surface area (Å²) >= 11 is 0.329. The Labute approximate surface area is 135 Å². The third-order valence-electron chi connectivity index (χ3n) is 2.98. The minimum Gasteiger partial charge on any atom is -0.350 e. The van der Waals surface area contributed by atoms with Gasteiger partial charge >= 0.3 is 18.1 Å². The lowest BCUT2D eigenvalue weighted by Gasteiger charge is -2.22. The van der Waals surface area contributed by atoms with Gasteiger partial charge in [-0.05, 0) is 12.1 Å². The van der Waals surface area contributed by atoms with Crippen molar-refractivity contribution in [1.82, 2.24) is 0 Å². The molecule has 1 heterocycles. The second-order valence-corrected chi connectivity index (χ2v) is 5.83. The van der Waals surface area contributed by atoms with Crippen molar-refractivity contribution in [2.75, 3.05) is 5.75 Å². The summed E-state index contributed by atoms with van der Waals surface area (Å²) in [5, 5.41) is 21.4. The number of thioether (sulfide) groups is 1.